The molecule has 0 fully saturated rings. The minimum Gasteiger partial charge on any atom is -0.452 e. The highest BCUT2D eigenvalue weighted by Crippen LogP contribution is 2.24. The minimum absolute atomic E-state index is 0.866. The molecule has 2 aromatic heterocycles. The van der Waals surface area contributed by atoms with Crippen molar-refractivity contribution in [1.29, 1.82) is 0 Å². The largest absolute Gasteiger partial charge is 0.452 e. The first-order valence-electron chi connectivity index (χ1n) is 5.15. The van der Waals surface area contributed by atoms with Gasteiger partial charge in [0.05, 0.1) is 13.3 Å². The van der Waals surface area contributed by atoms with E-state index in [1.54, 1.807) is 0 Å². The van der Waals surface area contributed by atoms with E-state index in [2.05, 4.69) is 6.92 Å². The first-order valence-corrected chi connectivity index (χ1v) is 6.38. The fraction of sp³-hybridized carbons (Fsp3) is 0.364. The molecule has 2 heterocycles. The van der Waals surface area contributed by atoms with Crippen molar-refractivity contribution in [2.45, 2.75) is 27.2 Å². The van der Waals surface area contributed by atoms with Crippen molar-refractivity contribution in [2.24, 2.45) is 0 Å². The Labute approximate surface area is 106 Å². The Kier molecular flexibility index (Phi) is 4.66. The van der Waals surface area contributed by atoms with Crippen LogP contribution in [0, 0.1) is 24.1 Å². The Morgan fingerprint density at radius 3 is 2.22 bits per heavy atom. The molecule has 0 aliphatic rings. The van der Waals surface area contributed by atoms with E-state index >= 15 is 0 Å². The zero-order chi connectivity index (χ0) is 13.9. The molecule has 0 aliphatic carbocycles. The van der Waals surface area contributed by atoms with Gasteiger partial charge in [0.1, 0.15) is 5.76 Å². The van der Waals surface area contributed by atoms with Crippen LogP contribution < -0.4 is 18.6 Å². The molecule has 18 heavy (non-hydrogen) atoms. The number of furan rings is 1. The van der Waals surface area contributed by atoms with Crippen LogP contribution in [0.2, 0.25) is 0 Å². The lowest BCUT2D eigenvalue weighted by Gasteiger charge is -2.17. The summed E-state index contributed by atoms with van der Waals surface area (Å²) in [5.41, 5.74) is 0.894. The SMILES string of the molecule is CCc1[o+]c(C)cc2cc(C)oc12.[O-][Cl+3]([O-])([O-])[O-]. The summed E-state index contributed by atoms with van der Waals surface area (Å²) in [6, 6.07) is 4.04. The molecule has 7 heteroatoms. The number of halogens is 1. The predicted octanol–water partition coefficient (Wildman–Crippen LogP) is -1.27. The van der Waals surface area contributed by atoms with E-state index in [0.717, 1.165) is 34.7 Å². The maximum Gasteiger partial charge on any atom is 0.371 e. The maximum atomic E-state index is 8.49. The molecule has 0 aromatic carbocycles. The monoisotopic (exact) mass is 276 g/mol. The van der Waals surface area contributed by atoms with Gasteiger partial charge >= 0.3 is 11.5 Å². The quantitative estimate of drug-likeness (QED) is 0.600. The molecular formula is C11H13ClO6. The molecule has 100 valence electrons. The van der Waals surface area contributed by atoms with Gasteiger partial charge in [-0.3, -0.25) is 0 Å². The van der Waals surface area contributed by atoms with Crippen LogP contribution >= 0.6 is 0 Å². The zero-order valence-electron chi connectivity index (χ0n) is 10.2. The Hall–Kier alpha value is -1.18. The molecule has 0 unspecified atom stereocenters. The summed E-state index contributed by atoms with van der Waals surface area (Å²) in [5.74, 6) is 2.80. The number of rotatable bonds is 1. The van der Waals surface area contributed by atoms with Gasteiger partial charge in [0.2, 0.25) is 5.58 Å². The normalized spacial score (nSPS) is 11.3. The van der Waals surface area contributed by atoms with Crippen LogP contribution in [0.25, 0.3) is 11.0 Å². The van der Waals surface area contributed by atoms with E-state index in [9.17, 15) is 0 Å². The third-order valence-electron chi connectivity index (χ3n) is 2.10. The van der Waals surface area contributed by atoms with E-state index in [1.807, 2.05) is 26.0 Å². The van der Waals surface area contributed by atoms with Crippen molar-refractivity contribution in [1.82, 2.24) is 0 Å². The summed E-state index contributed by atoms with van der Waals surface area (Å²) in [5, 5.41) is 1.14. The summed E-state index contributed by atoms with van der Waals surface area (Å²) < 4.78 is 45.1. The zero-order valence-corrected chi connectivity index (χ0v) is 10.9. The number of fused-ring (bicyclic) bond motifs is 1. The summed E-state index contributed by atoms with van der Waals surface area (Å²) in [4.78, 5) is 0. The van der Waals surface area contributed by atoms with E-state index in [4.69, 9.17) is 27.5 Å². The predicted molar refractivity (Wildman–Crippen MR) is 51.7 cm³/mol. The van der Waals surface area contributed by atoms with Gasteiger partial charge in [-0.2, -0.15) is 0 Å². The molecule has 0 saturated heterocycles. The average molecular weight is 277 g/mol. The van der Waals surface area contributed by atoms with Crippen LogP contribution in [0.15, 0.2) is 21.0 Å². The summed E-state index contributed by atoms with van der Waals surface area (Å²) >= 11 is 0. The summed E-state index contributed by atoms with van der Waals surface area (Å²) in [6.45, 7) is 5.98. The van der Waals surface area contributed by atoms with E-state index < -0.39 is 10.2 Å². The van der Waals surface area contributed by atoms with Gasteiger partial charge < -0.3 is 4.42 Å². The third kappa shape index (κ3) is 4.59. The van der Waals surface area contributed by atoms with Crippen molar-refractivity contribution in [3.05, 3.63) is 29.4 Å². The fourth-order valence-electron chi connectivity index (χ4n) is 1.58. The van der Waals surface area contributed by atoms with Crippen LogP contribution in [-0.2, 0) is 6.42 Å². The van der Waals surface area contributed by atoms with Gasteiger partial charge in [-0.1, -0.05) is 6.92 Å². The van der Waals surface area contributed by atoms with Gasteiger partial charge in [0, 0.05) is 11.5 Å². The first kappa shape index (κ1) is 14.9. The standard InChI is InChI=1S/C11H13O2.ClHO4/c1-4-10-11-9(5-7(2)12-10)6-8(3)13-11;2-1(3,4)5/h5-6H,4H2,1-3H3;(H,2,3,4,5)/q+1;/p-1. The Balaban J connectivity index is 0.000000280. The minimum atomic E-state index is -4.94. The van der Waals surface area contributed by atoms with Gasteiger partial charge in [0.15, 0.2) is 0 Å². The average Bonchev–Trinajstić information content (AvgIpc) is 2.54. The second-order valence-electron chi connectivity index (χ2n) is 3.65. The van der Waals surface area contributed by atoms with Crippen LogP contribution in [0.1, 0.15) is 24.2 Å². The highest BCUT2D eigenvalue weighted by Gasteiger charge is 2.18. The van der Waals surface area contributed by atoms with E-state index in [-0.39, 0.29) is 0 Å². The van der Waals surface area contributed by atoms with Crippen LogP contribution in [-0.4, -0.2) is 0 Å². The highest BCUT2D eigenvalue weighted by molar-refractivity contribution is 5.79. The second-order valence-corrected chi connectivity index (χ2v) is 4.41. The molecule has 0 bridgehead atoms. The molecule has 0 spiro atoms. The molecule has 0 N–H and O–H groups in total. The van der Waals surface area contributed by atoms with Crippen molar-refractivity contribution >= 4 is 11.0 Å². The molecule has 6 nitrogen and oxygen atoms in total. The van der Waals surface area contributed by atoms with Crippen molar-refractivity contribution in [3.63, 3.8) is 0 Å². The van der Waals surface area contributed by atoms with Gasteiger partial charge in [-0.05, 0) is 13.0 Å². The van der Waals surface area contributed by atoms with Gasteiger partial charge in [-0.15, -0.1) is 10.2 Å². The van der Waals surface area contributed by atoms with Crippen LogP contribution in [0.4, 0.5) is 0 Å². The molecule has 0 saturated carbocycles. The summed E-state index contributed by atoms with van der Waals surface area (Å²) in [7, 11) is -4.94. The fourth-order valence-corrected chi connectivity index (χ4v) is 1.58. The Bertz CT molecular complexity index is 522. The number of hydrogen-bond donors (Lipinski definition) is 0. The Morgan fingerprint density at radius 1 is 1.17 bits per heavy atom. The highest BCUT2D eigenvalue weighted by atomic mass is 35.7. The van der Waals surface area contributed by atoms with Crippen LogP contribution in [0.5, 0.6) is 0 Å². The van der Waals surface area contributed by atoms with Gasteiger partial charge in [-0.25, -0.2) is 23.1 Å². The molecule has 0 aliphatic heterocycles. The van der Waals surface area contributed by atoms with Crippen molar-refractivity contribution in [2.75, 3.05) is 0 Å². The Morgan fingerprint density at radius 2 is 1.72 bits per heavy atom. The molecular weight excluding hydrogens is 264 g/mol. The maximum absolute atomic E-state index is 8.49. The van der Waals surface area contributed by atoms with E-state index in [1.165, 1.54) is 0 Å². The second kappa shape index (κ2) is 5.64. The third-order valence-corrected chi connectivity index (χ3v) is 2.10. The molecule has 2 rings (SSSR count). The molecule has 0 radical (unpaired) electrons. The van der Waals surface area contributed by atoms with E-state index in [0.29, 0.717) is 0 Å². The number of aryl methyl sites for hydroxylation is 3. The molecule has 0 amide bonds. The lowest BCUT2D eigenvalue weighted by molar-refractivity contribution is -2.00. The summed E-state index contributed by atoms with van der Waals surface area (Å²) in [6.07, 6.45) is 0.866. The number of hydrogen-bond acceptors (Lipinski definition) is 5. The van der Waals surface area contributed by atoms with Crippen LogP contribution in [0.3, 0.4) is 0 Å². The molecule has 2 aromatic rings. The van der Waals surface area contributed by atoms with Gasteiger partial charge in [0.25, 0.3) is 0 Å². The first-order chi connectivity index (χ1) is 8.20. The van der Waals surface area contributed by atoms with Crippen molar-refractivity contribution < 1.29 is 37.7 Å². The lowest BCUT2D eigenvalue weighted by Crippen LogP contribution is -2.68. The lowest BCUT2D eigenvalue weighted by atomic mass is 10.2. The topological polar surface area (TPSA) is 117 Å². The van der Waals surface area contributed by atoms with Crippen molar-refractivity contribution in [3.8, 4) is 0 Å². The smallest absolute Gasteiger partial charge is 0.371 e. The molecule has 0 atom stereocenters.